The fourth-order valence-corrected chi connectivity index (χ4v) is 7.14. The second-order valence-electron chi connectivity index (χ2n) is 11.8. The van der Waals surface area contributed by atoms with E-state index in [0.717, 1.165) is 77.6 Å². The highest BCUT2D eigenvalue weighted by molar-refractivity contribution is 6.13. The van der Waals surface area contributed by atoms with Crippen LogP contribution in [0.25, 0.3) is 77.8 Å². The lowest BCUT2D eigenvalue weighted by atomic mass is 10.0. The van der Waals surface area contributed by atoms with Crippen molar-refractivity contribution in [2.75, 3.05) is 0 Å². The fraction of sp³-hybridized carbons (Fsp3) is 0.0233. The van der Waals surface area contributed by atoms with Crippen molar-refractivity contribution in [3.63, 3.8) is 0 Å². The molecular weight excluding hydrogens is 573 g/mol. The lowest BCUT2D eigenvalue weighted by Crippen LogP contribution is -2.08. The number of aryl methyl sites for hydroxylation is 1. The molecule has 0 bridgehead atoms. The number of terminal acetylenes is 1. The summed E-state index contributed by atoms with van der Waals surface area (Å²) in [6.07, 6.45) is 6.57. The van der Waals surface area contributed by atoms with Gasteiger partial charge < -0.3 is 4.57 Å². The van der Waals surface area contributed by atoms with Crippen LogP contribution in [-0.4, -0.2) is 19.1 Å². The highest BCUT2D eigenvalue weighted by Gasteiger charge is 2.28. The molecule has 0 atom stereocenters. The van der Waals surface area contributed by atoms with Crippen LogP contribution in [0.2, 0.25) is 0 Å². The Morgan fingerprint density at radius 1 is 0.553 bits per heavy atom. The van der Waals surface area contributed by atoms with E-state index in [4.69, 9.17) is 16.4 Å². The van der Waals surface area contributed by atoms with E-state index in [1.807, 2.05) is 36.4 Å². The van der Waals surface area contributed by atoms with Gasteiger partial charge in [-0.15, -0.1) is 6.42 Å². The molecule has 0 aliphatic heterocycles. The minimum Gasteiger partial charge on any atom is -0.307 e. The van der Waals surface area contributed by atoms with Gasteiger partial charge in [0.05, 0.1) is 39.2 Å². The largest absolute Gasteiger partial charge is 0.307 e. The molecule has 4 nitrogen and oxygen atoms in total. The average Bonchev–Trinajstić information content (AvgIpc) is 3.63. The van der Waals surface area contributed by atoms with Crippen molar-refractivity contribution in [3.05, 3.63) is 157 Å². The summed E-state index contributed by atoms with van der Waals surface area (Å²) in [5.41, 5.74) is 9.77. The van der Waals surface area contributed by atoms with Gasteiger partial charge in [0.25, 0.3) is 0 Å². The third-order valence-corrected chi connectivity index (χ3v) is 9.21. The molecular formula is C43H28N4. The first-order valence-corrected chi connectivity index (χ1v) is 15.7. The lowest BCUT2D eigenvalue weighted by Gasteiger charge is -2.17. The normalized spacial score (nSPS) is 11.5. The zero-order valence-corrected chi connectivity index (χ0v) is 25.7. The molecule has 47 heavy (non-hydrogen) atoms. The number of hydrogen-bond acceptors (Lipinski definition) is 2. The minimum absolute atomic E-state index is 0.573. The van der Waals surface area contributed by atoms with Gasteiger partial charge in [-0.25, -0.2) is 9.97 Å². The van der Waals surface area contributed by atoms with Crippen molar-refractivity contribution >= 4 is 43.5 Å². The van der Waals surface area contributed by atoms with Gasteiger partial charge in [0.2, 0.25) is 5.95 Å². The van der Waals surface area contributed by atoms with Crippen LogP contribution in [0.15, 0.2) is 146 Å². The van der Waals surface area contributed by atoms with Crippen LogP contribution in [0, 0.1) is 19.3 Å². The summed E-state index contributed by atoms with van der Waals surface area (Å²) in [5.74, 6) is 3.74. The average molecular weight is 601 g/mol. The number of rotatable bonds is 4. The minimum atomic E-state index is 0.573. The molecule has 0 aliphatic rings. The van der Waals surface area contributed by atoms with Crippen molar-refractivity contribution in [1.29, 1.82) is 0 Å². The molecule has 3 aromatic heterocycles. The maximum atomic E-state index is 6.57. The van der Waals surface area contributed by atoms with Crippen molar-refractivity contribution in [2.45, 2.75) is 6.92 Å². The molecule has 3 heterocycles. The number of aromatic nitrogens is 4. The van der Waals surface area contributed by atoms with Gasteiger partial charge in [0.1, 0.15) is 0 Å². The molecule has 0 N–H and O–H groups in total. The lowest BCUT2D eigenvalue weighted by molar-refractivity contribution is 0.973. The predicted octanol–water partition coefficient (Wildman–Crippen LogP) is 10.3. The Morgan fingerprint density at radius 3 is 2.00 bits per heavy atom. The van der Waals surface area contributed by atoms with Crippen LogP contribution in [-0.2, 0) is 0 Å². The first-order valence-electron chi connectivity index (χ1n) is 15.7. The topological polar surface area (TPSA) is 35.6 Å². The number of fused-ring (bicyclic) bond motifs is 5. The smallest absolute Gasteiger partial charge is 0.235 e. The molecule has 0 amide bonds. The molecule has 4 heteroatoms. The second kappa shape index (κ2) is 10.6. The summed E-state index contributed by atoms with van der Waals surface area (Å²) in [5, 5.41) is 5.41. The first kappa shape index (κ1) is 26.9. The maximum Gasteiger partial charge on any atom is 0.235 e. The molecule has 0 saturated heterocycles. The Balaban J connectivity index is 1.50. The van der Waals surface area contributed by atoms with Crippen LogP contribution >= 0.6 is 0 Å². The van der Waals surface area contributed by atoms with E-state index in [9.17, 15) is 0 Å². The van der Waals surface area contributed by atoms with Crippen molar-refractivity contribution in [1.82, 2.24) is 19.1 Å². The standard InChI is InChI=1S/C43H28N4/c1-3-32-39-34-22-11-10-16-29(34)26-27-38(39)47(43-44-36-24-14-12-23-35(36)40(45-43)30-17-6-4-7-18-30)42(32)41-28(2)33-21-13-15-25-37(33)46(41)31-19-8-5-9-20-31/h1,4-27H,2H3. The summed E-state index contributed by atoms with van der Waals surface area (Å²) in [6, 6.07) is 50.3. The van der Waals surface area contributed by atoms with E-state index in [1.165, 1.54) is 5.39 Å². The Bertz CT molecular complexity index is 2690. The van der Waals surface area contributed by atoms with E-state index < -0.39 is 0 Å². The zero-order chi connectivity index (χ0) is 31.5. The molecule has 6 aromatic carbocycles. The van der Waals surface area contributed by atoms with Crippen molar-refractivity contribution < 1.29 is 0 Å². The number of nitrogens with zero attached hydrogens (tertiary/aromatic N) is 4. The van der Waals surface area contributed by atoms with E-state index in [-0.39, 0.29) is 0 Å². The van der Waals surface area contributed by atoms with Gasteiger partial charge in [-0.1, -0.05) is 121 Å². The van der Waals surface area contributed by atoms with Crippen LogP contribution in [0.3, 0.4) is 0 Å². The van der Waals surface area contributed by atoms with Crippen LogP contribution in [0.5, 0.6) is 0 Å². The Hall–Kier alpha value is -6.44. The summed E-state index contributed by atoms with van der Waals surface area (Å²) in [6.45, 7) is 2.19. The Labute approximate surface area is 272 Å². The first-order chi connectivity index (χ1) is 23.2. The van der Waals surface area contributed by atoms with Gasteiger partial charge in [-0.05, 0) is 53.6 Å². The van der Waals surface area contributed by atoms with E-state index in [0.29, 0.717) is 5.95 Å². The molecule has 9 aromatic rings. The van der Waals surface area contributed by atoms with Crippen LogP contribution in [0.1, 0.15) is 11.1 Å². The van der Waals surface area contributed by atoms with Crippen molar-refractivity contribution in [2.24, 2.45) is 0 Å². The zero-order valence-electron chi connectivity index (χ0n) is 25.7. The molecule has 0 spiro atoms. The van der Waals surface area contributed by atoms with Gasteiger partial charge in [-0.2, -0.15) is 0 Å². The second-order valence-corrected chi connectivity index (χ2v) is 11.8. The van der Waals surface area contributed by atoms with E-state index in [2.05, 4.69) is 131 Å². The predicted molar refractivity (Wildman–Crippen MR) is 194 cm³/mol. The molecule has 0 radical (unpaired) electrons. The molecule has 0 saturated carbocycles. The van der Waals surface area contributed by atoms with Crippen molar-refractivity contribution in [3.8, 4) is 46.6 Å². The van der Waals surface area contributed by atoms with E-state index >= 15 is 0 Å². The molecule has 0 aliphatic carbocycles. The highest BCUT2D eigenvalue weighted by atomic mass is 15.2. The Morgan fingerprint density at radius 2 is 1.21 bits per heavy atom. The summed E-state index contributed by atoms with van der Waals surface area (Å²) < 4.78 is 4.52. The Kier molecular flexibility index (Phi) is 6.06. The van der Waals surface area contributed by atoms with Gasteiger partial charge >= 0.3 is 0 Å². The number of para-hydroxylation sites is 3. The monoisotopic (exact) mass is 600 g/mol. The number of hydrogen-bond donors (Lipinski definition) is 0. The SMILES string of the molecule is C#Cc1c(-c2c(C)c3ccccc3n2-c2ccccc2)n(-c2nc(-c3ccccc3)c3ccccc3n2)c2ccc3ccccc3c12. The third kappa shape index (κ3) is 4.04. The van der Waals surface area contributed by atoms with Gasteiger partial charge in [-0.3, -0.25) is 4.57 Å². The molecule has 220 valence electrons. The maximum absolute atomic E-state index is 6.57. The quantitative estimate of drug-likeness (QED) is 0.188. The highest BCUT2D eigenvalue weighted by Crippen LogP contribution is 2.44. The van der Waals surface area contributed by atoms with Crippen LogP contribution < -0.4 is 0 Å². The third-order valence-electron chi connectivity index (χ3n) is 9.21. The molecule has 9 rings (SSSR count). The summed E-state index contributed by atoms with van der Waals surface area (Å²) >= 11 is 0. The molecule has 0 unspecified atom stereocenters. The van der Waals surface area contributed by atoms with Crippen LogP contribution in [0.4, 0.5) is 0 Å². The summed E-state index contributed by atoms with van der Waals surface area (Å²) in [7, 11) is 0. The van der Waals surface area contributed by atoms with E-state index in [1.54, 1.807) is 0 Å². The molecule has 0 fully saturated rings. The fourth-order valence-electron chi connectivity index (χ4n) is 7.14. The van der Waals surface area contributed by atoms with Gasteiger partial charge in [0, 0.05) is 27.4 Å². The van der Waals surface area contributed by atoms with Gasteiger partial charge in [0.15, 0.2) is 0 Å². The summed E-state index contributed by atoms with van der Waals surface area (Å²) in [4.78, 5) is 10.6. The number of benzene rings is 6.